The summed E-state index contributed by atoms with van der Waals surface area (Å²) in [4.78, 5) is 19.6. The Kier molecular flexibility index (Phi) is 5.68. The third-order valence-electron chi connectivity index (χ3n) is 4.72. The second kappa shape index (κ2) is 7.98. The van der Waals surface area contributed by atoms with Crippen LogP contribution >= 0.6 is 0 Å². The van der Waals surface area contributed by atoms with Crippen LogP contribution in [0.2, 0.25) is 0 Å². The standard InChI is InChI=1S/C20H22F3N3O/c1-25(19(27)16-7-10-18(24-13-16)20(21,22)23)14-15-5-8-17(9-6-15)26-11-3-2-4-12-26/h5-10,13H,2-4,11-12,14H2,1H3. The van der Waals surface area contributed by atoms with Gasteiger partial charge in [-0.1, -0.05) is 12.1 Å². The van der Waals surface area contributed by atoms with E-state index in [1.54, 1.807) is 7.05 Å². The summed E-state index contributed by atoms with van der Waals surface area (Å²) in [5, 5.41) is 0. The molecule has 2 heterocycles. The number of hydrogen-bond acceptors (Lipinski definition) is 3. The van der Waals surface area contributed by atoms with Crippen LogP contribution in [0.4, 0.5) is 18.9 Å². The molecule has 144 valence electrons. The van der Waals surface area contributed by atoms with Crippen LogP contribution in [-0.2, 0) is 12.7 Å². The van der Waals surface area contributed by atoms with E-state index in [4.69, 9.17) is 0 Å². The van der Waals surface area contributed by atoms with Gasteiger partial charge in [-0.2, -0.15) is 13.2 Å². The van der Waals surface area contributed by atoms with Crippen LogP contribution in [0.15, 0.2) is 42.6 Å². The Bertz CT molecular complexity index is 767. The summed E-state index contributed by atoms with van der Waals surface area (Å²) in [6.07, 6.45) is 0.158. The van der Waals surface area contributed by atoms with Crippen molar-refractivity contribution < 1.29 is 18.0 Å². The van der Waals surface area contributed by atoms with Gasteiger partial charge in [0.15, 0.2) is 0 Å². The largest absolute Gasteiger partial charge is 0.433 e. The average molecular weight is 377 g/mol. The lowest BCUT2D eigenvalue weighted by molar-refractivity contribution is -0.141. The van der Waals surface area contributed by atoms with Crippen molar-refractivity contribution in [3.8, 4) is 0 Å². The van der Waals surface area contributed by atoms with E-state index in [1.165, 1.54) is 29.8 Å². The third kappa shape index (κ3) is 4.78. The first kappa shape index (κ1) is 19.2. The van der Waals surface area contributed by atoms with E-state index in [9.17, 15) is 18.0 Å². The highest BCUT2D eigenvalue weighted by molar-refractivity contribution is 5.93. The minimum Gasteiger partial charge on any atom is -0.372 e. The fourth-order valence-electron chi connectivity index (χ4n) is 3.22. The van der Waals surface area contributed by atoms with Gasteiger partial charge in [-0.25, -0.2) is 0 Å². The highest BCUT2D eigenvalue weighted by atomic mass is 19.4. The van der Waals surface area contributed by atoms with Gasteiger partial charge in [0.1, 0.15) is 5.69 Å². The van der Waals surface area contributed by atoms with Crippen LogP contribution in [-0.4, -0.2) is 35.9 Å². The Balaban J connectivity index is 1.62. The molecule has 1 amide bonds. The maximum Gasteiger partial charge on any atom is 0.433 e. The fraction of sp³-hybridized carbons (Fsp3) is 0.400. The summed E-state index contributed by atoms with van der Waals surface area (Å²) < 4.78 is 37.7. The van der Waals surface area contributed by atoms with E-state index in [2.05, 4.69) is 22.0 Å². The number of hydrogen-bond donors (Lipinski definition) is 0. The van der Waals surface area contributed by atoms with Crippen molar-refractivity contribution in [2.75, 3.05) is 25.0 Å². The zero-order valence-corrected chi connectivity index (χ0v) is 15.2. The minimum absolute atomic E-state index is 0.135. The number of halogens is 3. The van der Waals surface area contributed by atoms with Gasteiger partial charge in [-0.3, -0.25) is 9.78 Å². The molecule has 1 aliphatic heterocycles. The molecular weight excluding hydrogens is 355 g/mol. The highest BCUT2D eigenvalue weighted by Gasteiger charge is 2.32. The first-order chi connectivity index (χ1) is 12.8. The molecule has 0 spiro atoms. The zero-order valence-electron chi connectivity index (χ0n) is 15.2. The molecular formula is C20H22F3N3O. The van der Waals surface area contributed by atoms with Gasteiger partial charge in [0.2, 0.25) is 0 Å². The van der Waals surface area contributed by atoms with E-state index in [1.807, 2.05) is 12.1 Å². The molecule has 2 aromatic rings. The highest BCUT2D eigenvalue weighted by Crippen LogP contribution is 2.27. The number of carbonyl (C=O) groups is 1. The molecule has 0 saturated carbocycles. The number of pyridine rings is 1. The molecule has 1 aromatic carbocycles. The van der Waals surface area contributed by atoms with Crippen LogP contribution in [0.25, 0.3) is 0 Å². The van der Waals surface area contributed by atoms with Crippen LogP contribution in [0.1, 0.15) is 40.9 Å². The lowest BCUT2D eigenvalue weighted by Crippen LogP contribution is -2.29. The minimum atomic E-state index is -4.51. The average Bonchev–Trinajstić information content (AvgIpc) is 2.68. The third-order valence-corrected chi connectivity index (χ3v) is 4.72. The molecule has 1 aromatic heterocycles. The van der Waals surface area contributed by atoms with Crippen LogP contribution < -0.4 is 4.90 Å². The second-order valence-corrected chi connectivity index (χ2v) is 6.81. The molecule has 4 nitrogen and oxygen atoms in total. The van der Waals surface area contributed by atoms with Gasteiger partial charge in [0.25, 0.3) is 5.91 Å². The summed E-state index contributed by atoms with van der Waals surface area (Å²) in [6.45, 7) is 2.51. The van der Waals surface area contributed by atoms with E-state index in [0.717, 1.165) is 37.0 Å². The molecule has 1 aliphatic rings. The Morgan fingerprint density at radius 3 is 2.30 bits per heavy atom. The maximum atomic E-state index is 12.6. The van der Waals surface area contributed by atoms with E-state index >= 15 is 0 Å². The monoisotopic (exact) mass is 377 g/mol. The van der Waals surface area contributed by atoms with Gasteiger partial charge in [-0.15, -0.1) is 0 Å². The summed E-state index contributed by atoms with van der Waals surface area (Å²) in [5.41, 5.74) is 1.27. The molecule has 0 N–H and O–H groups in total. The predicted octanol–water partition coefficient (Wildman–Crippen LogP) is 4.36. The molecule has 0 aliphatic carbocycles. The molecule has 0 radical (unpaired) electrons. The van der Waals surface area contributed by atoms with Crippen molar-refractivity contribution in [1.29, 1.82) is 0 Å². The zero-order chi connectivity index (χ0) is 19.4. The van der Waals surface area contributed by atoms with Gasteiger partial charge in [0.05, 0.1) is 5.56 Å². The fourth-order valence-corrected chi connectivity index (χ4v) is 3.22. The number of nitrogens with zero attached hydrogens (tertiary/aromatic N) is 3. The van der Waals surface area contributed by atoms with E-state index in [-0.39, 0.29) is 11.5 Å². The van der Waals surface area contributed by atoms with Crippen LogP contribution in [0.3, 0.4) is 0 Å². The summed E-state index contributed by atoms with van der Waals surface area (Å²) in [5.74, 6) is -0.365. The van der Waals surface area contributed by atoms with Gasteiger partial charge >= 0.3 is 6.18 Å². The number of rotatable bonds is 4. The van der Waals surface area contributed by atoms with Gasteiger partial charge in [-0.05, 0) is 49.1 Å². The van der Waals surface area contributed by atoms with Crippen molar-refractivity contribution >= 4 is 11.6 Å². The number of aromatic nitrogens is 1. The van der Waals surface area contributed by atoms with Crippen molar-refractivity contribution in [2.45, 2.75) is 32.0 Å². The normalized spacial score (nSPS) is 14.9. The lowest BCUT2D eigenvalue weighted by Gasteiger charge is -2.29. The van der Waals surface area contributed by atoms with Crippen molar-refractivity contribution in [2.24, 2.45) is 0 Å². The predicted molar refractivity (Wildman–Crippen MR) is 97.5 cm³/mol. The second-order valence-electron chi connectivity index (χ2n) is 6.81. The first-order valence-corrected chi connectivity index (χ1v) is 8.97. The molecule has 1 fully saturated rings. The van der Waals surface area contributed by atoms with Crippen molar-refractivity contribution in [1.82, 2.24) is 9.88 Å². The van der Waals surface area contributed by atoms with E-state index < -0.39 is 11.9 Å². The van der Waals surface area contributed by atoms with Gasteiger partial charge in [0, 0.05) is 38.6 Å². The molecule has 3 rings (SSSR count). The molecule has 7 heteroatoms. The Hall–Kier alpha value is -2.57. The lowest BCUT2D eigenvalue weighted by atomic mass is 10.1. The summed E-state index contributed by atoms with van der Waals surface area (Å²) >= 11 is 0. The van der Waals surface area contributed by atoms with Crippen molar-refractivity contribution in [3.05, 3.63) is 59.4 Å². The maximum absolute atomic E-state index is 12.6. The Labute approximate surface area is 156 Å². The first-order valence-electron chi connectivity index (χ1n) is 8.97. The smallest absolute Gasteiger partial charge is 0.372 e. The number of alkyl halides is 3. The Morgan fingerprint density at radius 2 is 1.74 bits per heavy atom. The Morgan fingerprint density at radius 1 is 1.07 bits per heavy atom. The molecule has 0 unspecified atom stereocenters. The van der Waals surface area contributed by atoms with Crippen LogP contribution in [0, 0.1) is 0 Å². The van der Waals surface area contributed by atoms with E-state index in [0.29, 0.717) is 6.54 Å². The SMILES string of the molecule is CN(Cc1ccc(N2CCCCC2)cc1)C(=O)c1ccc(C(F)(F)F)nc1. The van der Waals surface area contributed by atoms with Crippen LogP contribution in [0.5, 0.6) is 0 Å². The molecule has 1 saturated heterocycles. The summed E-state index contributed by atoms with van der Waals surface area (Å²) in [6, 6.07) is 10.1. The topological polar surface area (TPSA) is 36.4 Å². The molecule has 0 bridgehead atoms. The number of anilines is 1. The number of benzene rings is 1. The van der Waals surface area contributed by atoms with Crippen molar-refractivity contribution in [3.63, 3.8) is 0 Å². The van der Waals surface area contributed by atoms with Gasteiger partial charge < -0.3 is 9.80 Å². The number of carbonyl (C=O) groups excluding carboxylic acids is 1. The molecule has 0 atom stereocenters. The summed E-state index contributed by atoms with van der Waals surface area (Å²) in [7, 11) is 1.62. The number of amides is 1. The molecule has 27 heavy (non-hydrogen) atoms. The number of piperidine rings is 1. The quantitative estimate of drug-likeness (QED) is 0.794.